The van der Waals surface area contributed by atoms with Crippen LogP contribution in [0.5, 0.6) is 0 Å². The monoisotopic (exact) mass is 407 g/mol. The first-order valence-corrected chi connectivity index (χ1v) is 11.5. The number of hydrogen-bond acceptors (Lipinski definition) is 6. The van der Waals surface area contributed by atoms with Gasteiger partial charge in [-0.25, -0.2) is 8.93 Å². The van der Waals surface area contributed by atoms with Gasteiger partial charge < -0.3 is 20.1 Å². The lowest BCUT2D eigenvalue weighted by Crippen LogP contribution is -2.64. The van der Waals surface area contributed by atoms with Gasteiger partial charge in [-0.1, -0.05) is 19.1 Å². The minimum atomic E-state index is -1.36. The lowest BCUT2D eigenvalue weighted by atomic mass is 9.88. The van der Waals surface area contributed by atoms with Crippen LogP contribution < -0.4 is 4.72 Å². The Balaban J connectivity index is 2.32. The summed E-state index contributed by atoms with van der Waals surface area (Å²) < 4.78 is 21.4. The molecule has 8 heteroatoms. The van der Waals surface area contributed by atoms with Crippen molar-refractivity contribution in [2.75, 3.05) is 5.75 Å². The Labute approximate surface area is 163 Å². The van der Waals surface area contributed by atoms with Crippen molar-refractivity contribution in [1.82, 2.24) is 4.72 Å². The van der Waals surface area contributed by atoms with Crippen molar-refractivity contribution >= 4 is 22.7 Å². The SMILES string of the molecule is C[C@@H]1/C=C\CCCCSC2OC(C(O)C(O)C2O)[C@@H]1N[S@](=O)C(C)(C)C. The van der Waals surface area contributed by atoms with Crippen molar-refractivity contribution in [3.63, 3.8) is 0 Å². The van der Waals surface area contributed by atoms with Gasteiger partial charge >= 0.3 is 0 Å². The quantitative estimate of drug-likeness (QED) is 0.516. The predicted octanol–water partition coefficient (Wildman–Crippen LogP) is 1.32. The Hall–Kier alpha value is 0.0400. The molecular weight excluding hydrogens is 374 g/mol. The first-order chi connectivity index (χ1) is 12.1. The molecule has 4 N–H and O–H groups in total. The average molecular weight is 408 g/mol. The first kappa shape index (κ1) is 22.3. The third-order valence-electron chi connectivity index (χ3n) is 4.81. The molecule has 0 aliphatic carbocycles. The Bertz CT molecular complexity index is 510. The number of aliphatic hydroxyl groups is 3. The standard InChI is InChI=1S/C18H33NO5S2/c1-11-9-7-5-6-8-10-25-17-15(22)13(20)14(21)16(24-17)12(11)19-26(23)18(2,3)4/h7,9,11-17,19-22H,5-6,8,10H2,1-4H3/b9-7-/t11-,12-,13?,14?,15?,16?,17?,26-/m1/s1. The lowest BCUT2D eigenvalue weighted by Gasteiger charge is -2.45. The number of hydrogen-bond donors (Lipinski definition) is 4. The highest BCUT2D eigenvalue weighted by molar-refractivity contribution is 7.99. The summed E-state index contributed by atoms with van der Waals surface area (Å²) >= 11 is 1.46. The minimum Gasteiger partial charge on any atom is -0.388 e. The number of allylic oxidation sites excluding steroid dienone is 1. The molecule has 1 saturated heterocycles. The molecule has 0 aromatic rings. The van der Waals surface area contributed by atoms with Crippen LogP contribution >= 0.6 is 11.8 Å². The van der Waals surface area contributed by atoms with E-state index < -0.39 is 51.6 Å². The Morgan fingerprint density at radius 3 is 2.50 bits per heavy atom. The molecule has 2 aliphatic rings. The van der Waals surface area contributed by atoms with Gasteiger partial charge in [0.25, 0.3) is 0 Å². The van der Waals surface area contributed by atoms with Crippen LogP contribution in [0.1, 0.15) is 47.0 Å². The van der Waals surface area contributed by atoms with Crippen LogP contribution in [-0.2, 0) is 15.7 Å². The zero-order chi connectivity index (χ0) is 19.5. The summed E-state index contributed by atoms with van der Waals surface area (Å²) in [5, 5.41) is 31.2. The fourth-order valence-corrected chi connectivity index (χ4v) is 5.19. The van der Waals surface area contributed by atoms with E-state index in [2.05, 4.69) is 16.9 Å². The maximum atomic E-state index is 12.7. The summed E-state index contributed by atoms with van der Waals surface area (Å²) in [5.74, 6) is 0.751. The number of aliphatic hydroxyl groups excluding tert-OH is 3. The molecule has 1 fully saturated rings. The van der Waals surface area contributed by atoms with E-state index in [0.29, 0.717) is 0 Å². The van der Waals surface area contributed by atoms with Crippen LogP contribution in [0.25, 0.3) is 0 Å². The molecule has 0 amide bonds. The number of ether oxygens (including phenoxy) is 1. The maximum Gasteiger partial charge on any atom is 0.132 e. The smallest absolute Gasteiger partial charge is 0.132 e. The molecule has 0 spiro atoms. The van der Waals surface area contributed by atoms with E-state index in [-0.39, 0.29) is 5.92 Å². The predicted molar refractivity (Wildman–Crippen MR) is 106 cm³/mol. The minimum absolute atomic E-state index is 0.0616. The van der Waals surface area contributed by atoms with Crippen molar-refractivity contribution in [3.8, 4) is 0 Å². The van der Waals surface area contributed by atoms with Crippen molar-refractivity contribution in [2.45, 2.75) is 87.6 Å². The number of thioether (sulfide) groups is 1. The number of nitrogens with one attached hydrogen (secondary N) is 1. The van der Waals surface area contributed by atoms with Gasteiger partial charge in [-0.3, -0.25) is 0 Å². The van der Waals surface area contributed by atoms with E-state index in [4.69, 9.17) is 4.74 Å². The van der Waals surface area contributed by atoms with E-state index in [9.17, 15) is 19.5 Å². The van der Waals surface area contributed by atoms with Gasteiger partial charge in [-0.15, -0.1) is 11.8 Å². The van der Waals surface area contributed by atoms with Crippen molar-refractivity contribution in [2.24, 2.45) is 5.92 Å². The third kappa shape index (κ3) is 5.53. The maximum absolute atomic E-state index is 12.7. The topological polar surface area (TPSA) is 99.0 Å². The highest BCUT2D eigenvalue weighted by Gasteiger charge is 2.48. The van der Waals surface area contributed by atoms with E-state index in [1.807, 2.05) is 27.7 Å². The van der Waals surface area contributed by atoms with Gasteiger partial charge in [0.1, 0.15) is 29.9 Å². The fourth-order valence-electron chi connectivity index (χ4n) is 3.08. The Kier molecular flexibility index (Phi) is 8.15. The van der Waals surface area contributed by atoms with Gasteiger partial charge in [-0.2, -0.15) is 0 Å². The van der Waals surface area contributed by atoms with Crippen LogP contribution in [0.15, 0.2) is 12.2 Å². The molecule has 2 aliphatic heterocycles. The molecule has 152 valence electrons. The summed E-state index contributed by atoms with van der Waals surface area (Å²) in [4.78, 5) is 0. The zero-order valence-electron chi connectivity index (χ0n) is 16.0. The Morgan fingerprint density at radius 1 is 1.15 bits per heavy atom. The zero-order valence-corrected chi connectivity index (χ0v) is 17.6. The molecule has 5 unspecified atom stereocenters. The van der Waals surface area contributed by atoms with Crippen LogP contribution in [0.4, 0.5) is 0 Å². The van der Waals surface area contributed by atoms with Gasteiger partial charge in [0.2, 0.25) is 0 Å². The second-order valence-electron chi connectivity index (χ2n) is 8.12. The van der Waals surface area contributed by atoms with E-state index in [0.717, 1.165) is 25.0 Å². The summed E-state index contributed by atoms with van der Waals surface area (Å²) in [6.45, 7) is 7.61. The van der Waals surface area contributed by atoms with Crippen LogP contribution in [0, 0.1) is 5.92 Å². The van der Waals surface area contributed by atoms with E-state index >= 15 is 0 Å². The van der Waals surface area contributed by atoms with Crippen LogP contribution in [-0.4, -0.2) is 65.9 Å². The highest BCUT2D eigenvalue weighted by atomic mass is 32.2. The van der Waals surface area contributed by atoms with Crippen molar-refractivity contribution in [1.29, 1.82) is 0 Å². The molecular formula is C18H33NO5S2. The summed E-state index contributed by atoms with van der Waals surface area (Å²) in [6.07, 6.45) is 2.70. The van der Waals surface area contributed by atoms with Crippen LogP contribution in [0.2, 0.25) is 0 Å². The molecule has 6 nitrogen and oxygen atoms in total. The summed E-state index contributed by atoms with van der Waals surface area (Å²) in [7, 11) is -1.36. The first-order valence-electron chi connectivity index (χ1n) is 9.29. The fraction of sp³-hybridized carbons (Fsp3) is 0.889. The molecule has 2 bridgehead atoms. The molecule has 2 rings (SSSR count). The van der Waals surface area contributed by atoms with E-state index in [1.54, 1.807) is 0 Å². The average Bonchev–Trinajstić information content (AvgIpc) is 2.56. The normalized spacial score (nSPS) is 42.3. The molecule has 2 heterocycles. The van der Waals surface area contributed by atoms with Crippen molar-refractivity contribution < 1.29 is 24.3 Å². The largest absolute Gasteiger partial charge is 0.388 e. The summed E-state index contributed by atoms with van der Waals surface area (Å²) in [5.41, 5.74) is -0.610. The highest BCUT2D eigenvalue weighted by Crippen LogP contribution is 2.33. The van der Waals surface area contributed by atoms with Crippen molar-refractivity contribution in [3.05, 3.63) is 12.2 Å². The second kappa shape index (κ2) is 9.49. The van der Waals surface area contributed by atoms with Gasteiger partial charge in [0.15, 0.2) is 0 Å². The number of fused-ring (bicyclic) bond motifs is 2. The third-order valence-corrected chi connectivity index (χ3v) is 7.65. The Morgan fingerprint density at radius 2 is 1.85 bits per heavy atom. The lowest BCUT2D eigenvalue weighted by molar-refractivity contribution is -0.205. The summed E-state index contributed by atoms with van der Waals surface area (Å²) in [6, 6.07) is -0.453. The molecule has 0 aromatic carbocycles. The molecule has 0 radical (unpaired) electrons. The van der Waals surface area contributed by atoms with E-state index in [1.165, 1.54) is 11.8 Å². The van der Waals surface area contributed by atoms with Gasteiger partial charge in [0, 0.05) is 0 Å². The van der Waals surface area contributed by atoms with Crippen LogP contribution in [0.3, 0.4) is 0 Å². The molecule has 0 aromatic heterocycles. The number of rotatable bonds is 2. The molecule has 8 atom stereocenters. The second-order valence-corrected chi connectivity index (χ2v) is 11.3. The van der Waals surface area contributed by atoms with Gasteiger partial charge in [0.05, 0.1) is 21.8 Å². The van der Waals surface area contributed by atoms with Gasteiger partial charge in [-0.05, 0) is 51.7 Å². The molecule has 0 saturated carbocycles. The molecule has 26 heavy (non-hydrogen) atoms.